The van der Waals surface area contributed by atoms with Gasteiger partial charge in [-0.25, -0.2) is 14.4 Å². The minimum Gasteiger partial charge on any atom is -0.507 e. The van der Waals surface area contributed by atoms with E-state index in [0.29, 0.717) is 29.0 Å². The topological polar surface area (TPSA) is 79.1 Å². The fourth-order valence-corrected chi connectivity index (χ4v) is 5.02. The predicted molar refractivity (Wildman–Crippen MR) is 117 cm³/mol. The van der Waals surface area contributed by atoms with Crippen LogP contribution < -0.4 is 10.2 Å². The standard InChI is InChI=1S/C23H27FN6O/c1-14-7-15-9-20(23(24)18(8-14)28-15)29(2)22-12-26-19(11-27-22)17-4-3-16(10-21(17)31)30-6-5-25-13-30/h3-6,10-15,18,20,23,28,31H,7-9H2,1-2H3/t14-,15?,18?,20+,23+/m1/s1. The number of nitrogens with zero attached hydrogens (tertiary/aromatic N) is 5. The lowest BCUT2D eigenvalue weighted by Gasteiger charge is -2.47. The summed E-state index contributed by atoms with van der Waals surface area (Å²) in [6, 6.07) is 5.42. The molecule has 0 spiro atoms. The Balaban J connectivity index is 1.34. The van der Waals surface area contributed by atoms with Crippen molar-refractivity contribution in [3.8, 4) is 22.7 Å². The summed E-state index contributed by atoms with van der Waals surface area (Å²) in [5, 5.41) is 14.0. The van der Waals surface area contributed by atoms with E-state index in [9.17, 15) is 5.11 Å². The minimum absolute atomic E-state index is 0.0897. The Labute approximate surface area is 181 Å². The predicted octanol–water partition coefficient (Wildman–Crippen LogP) is 3.34. The van der Waals surface area contributed by atoms with Gasteiger partial charge in [-0.05, 0) is 37.3 Å². The van der Waals surface area contributed by atoms with Crippen LogP contribution in [0.2, 0.25) is 0 Å². The number of piperidine rings is 2. The third-order valence-electron chi connectivity index (χ3n) is 6.63. The molecule has 2 bridgehead atoms. The second kappa shape index (κ2) is 7.92. The number of halogens is 1. The number of rotatable bonds is 4. The van der Waals surface area contributed by atoms with E-state index in [-0.39, 0.29) is 17.8 Å². The van der Waals surface area contributed by atoms with Gasteiger partial charge in [-0.3, -0.25) is 4.98 Å². The lowest BCUT2D eigenvalue weighted by molar-refractivity contribution is 0.0851. The Kier molecular flexibility index (Phi) is 5.09. The maximum Gasteiger partial charge on any atom is 0.147 e. The number of phenolic OH excluding ortho intramolecular Hbond substituents is 1. The smallest absolute Gasteiger partial charge is 0.147 e. The van der Waals surface area contributed by atoms with Crippen molar-refractivity contribution in [1.82, 2.24) is 24.8 Å². The number of nitrogens with one attached hydrogen (secondary N) is 1. The van der Waals surface area contributed by atoms with Crippen molar-refractivity contribution in [3.63, 3.8) is 0 Å². The van der Waals surface area contributed by atoms with Crippen LogP contribution in [-0.2, 0) is 0 Å². The molecule has 1 aromatic carbocycles. The van der Waals surface area contributed by atoms with Gasteiger partial charge >= 0.3 is 0 Å². The van der Waals surface area contributed by atoms with Crippen molar-refractivity contribution in [2.75, 3.05) is 11.9 Å². The van der Waals surface area contributed by atoms with Crippen LogP contribution >= 0.6 is 0 Å². The van der Waals surface area contributed by atoms with Crippen molar-refractivity contribution < 1.29 is 9.50 Å². The molecule has 8 heteroatoms. The van der Waals surface area contributed by atoms with E-state index in [2.05, 4.69) is 27.2 Å². The molecule has 0 saturated carbocycles. The molecule has 2 saturated heterocycles. The van der Waals surface area contributed by atoms with Crippen molar-refractivity contribution >= 4 is 5.82 Å². The third kappa shape index (κ3) is 3.76. The van der Waals surface area contributed by atoms with Gasteiger partial charge < -0.3 is 19.9 Å². The number of fused-ring (bicyclic) bond motifs is 2. The number of imidazole rings is 1. The van der Waals surface area contributed by atoms with Gasteiger partial charge in [0.2, 0.25) is 0 Å². The lowest BCUT2D eigenvalue weighted by Crippen LogP contribution is -2.62. The highest BCUT2D eigenvalue weighted by atomic mass is 19.1. The van der Waals surface area contributed by atoms with Crippen LogP contribution in [-0.4, -0.2) is 56.0 Å². The molecule has 0 aliphatic carbocycles. The molecule has 2 fully saturated rings. The molecule has 2 N–H and O–H groups in total. The zero-order valence-corrected chi connectivity index (χ0v) is 17.7. The van der Waals surface area contributed by atoms with Gasteiger partial charge in [0.1, 0.15) is 17.7 Å². The molecule has 7 nitrogen and oxygen atoms in total. The van der Waals surface area contributed by atoms with E-state index in [1.165, 1.54) is 0 Å². The van der Waals surface area contributed by atoms with Crippen molar-refractivity contribution in [2.24, 2.45) is 5.92 Å². The molecular weight excluding hydrogens is 395 g/mol. The van der Waals surface area contributed by atoms with E-state index >= 15 is 4.39 Å². The number of anilines is 1. The minimum atomic E-state index is -0.940. The Bertz CT molecular complexity index is 1040. The summed E-state index contributed by atoms with van der Waals surface area (Å²) in [6.45, 7) is 2.21. The zero-order valence-electron chi connectivity index (χ0n) is 17.7. The Morgan fingerprint density at radius 2 is 2.06 bits per heavy atom. The lowest BCUT2D eigenvalue weighted by atomic mass is 9.77. The summed E-state index contributed by atoms with van der Waals surface area (Å²) in [7, 11) is 1.89. The molecule has 2 aliphatic heterocycles. The van der Waals surface area contributed by atoms with Gasteiger partial charge in [-0.2, -0.15) is 0 Å². The van der Waals surface area contributed by atoms with Crippen molar-refractivity contribution in [1.29, 1.82) is 0 Å². The second-order valence-corrected chi connectivity index (χ2v) is 8.84. The summed E-state index contributed by atoms with van der Waals surface area (Å²) < 4.78 is 17.0. The van der Waals surface area contributed by atoms with Gasteiger partial charge in [0.05, 0.1) is 36.1 Å². The first-order valence-corrected chi connectivity index (χ1v) is 10.8. The fraction of sp³-hybridized carbons (Fsp3) is 0.435. The normalized spacial score (nSPS) is 27.8. The first-order chi connectivity index (χ1) is 15.0. The Hall–Kier alpha value is -3.00. The zero-order chi connectivity index (χ0) is 21.5. The molecule has 5 atom stereocenters. The highest BCUT2D eigenvalue weighted by molar-refractivity contribution is 5.68. The summed E-state index contributed by atoms with van der Waals surface area (Å²) >= 11 is 0. The van der Waals surface area contributed by atoms with E-state index < -0.39 is 6.17 Å². The molecule has 2 aliphatic rings. The van der Waals surface area contributed by atoms with Crippen LogP contribution in [0.4, 0.5) is 10.2 Å². The van der Waals surface area contributed by atoms with Crippen LogP contribution in [0.1, 0.15) is 26.2 Å². The van der Waals surface area contributed by atoms with Crippen LogP contribution in [0.25, 0.3) is 16.9 Å². The molecule has 0 amide bonds. The molecule has 0 radical (unpaired) electrons. The van der Waals surface area contributed by atoms with Crippen molar-refractivity contribution in [2.45, 2.75) is 50.5 Å². The molecular formula is C23H27FN6O. The number of alkyl halides is 1. The summed E-state index contributed by atoms with van der Waals surface area (Å²) in [5.41, 5.74) is 1.97. The van der Waals surface area contributed by atoms with Gasteiger partial charge in [-0.15, -0.1) is 0 Å². The Morgan fingerprint density at radius 1 is 1.19 bits per heavy atom. The molecule has 5 rings (SSSR count). The SMILES string of the molecule is C[C@@H]1CC2C[C@H](N(C)c3cnc(-c4ccc(-n5ccnc5)cc4O)cn3)[C@@H](F)C(C1)N2. The number of hydrogen-bond acceptors (Lipinski definition) is 6. The van der Waals surface area contributed by atoms with E-state index in [4.69, 9.17) is 0 Å². The van der Waals surface area contributed by atoms with Gasteiger partial charge in [0.25, 0.3) is 0 Å². The molecule has 3 aromatic rings. The maximum absolute atomic E-state index is 15.2. The first kappa shape index (κ1) is 19.9. The van der Waals surface area contributed by atoms with Crippen LogP contribution in [0, 0.1) is 5.92 Å². The van der Waals surface area contributed by atoms with E-state index in [1.807, 2.05) is 34.8 Å². The van der Waals surface area contributed by atoms with Gasteiger partial charge in [-0.1, -0.05) is 6.92 Å². The van der Waals surface area contributed by atoms with Gasteiger partial charge in [0.15, 0.2) is 0 Å². The summed E-state index contributed by atoms with van der Waals surface area (Å²) in [4.78, 5) is 15.0. The van der Waals surface area contributed by atoms with Crippen LogP contribution in [0.15, 0.2) is 49.3 Å². The highest BCUT2D eigenvalue weighted by Gasteiger charge is 2.43. The van der Waals surface area contributed by atoms with Gasteiger partial charge in [0, 0.05) is 43.2 Å². The van der Waals surface area contributed by atoms with E-state index in [1.54, 1.807) is 31.0 Å². The van der Waals surface area contributed by atoms with Crippen molar-refractivity contribution in [3.05, 3.63) is 49.3 Å². The average Bonchev–Trinajstić information content (AvgIpc) is 3.31. The molecule has 2 unspecified atom stereocenters. The second-order valence-electron chi connectivity index (χ2n) is 8.84. The largest absolute Gasteiger partial charge is 0.507 e. The number of aromatic nitrogens is 4. The molecule has 2 aromatic heterocycles. The molecule has 31 heavy (non-hydrogen) atoms. The molecule has 162 valence electrons. The quantitative estimate of drug-likeness (QED) is 0.671. The number of hydrogen-bond donors (Lipinski definition) is 2. The average molecular weight is 423 g/mol. The van der Waals surface area contributed by atoms with Crippen LogP contribution in [0.3, 0.4) is 0 Å². The van der Waals surface area contributed by atoms with E-state index in [0.717, 1.165) is 24.9 Å². The Morgan fingerprint density at radius 3 is 2.77 bits per heavy atom. The monoisotopic (exact) mass is 422 g/mol. The van der Waals surface area contributed by atoms with Crippen LogP contribution in [0.5, 0.6) is 5.75 Å². The summed E-state index contributed by atoms with van der Waals surface area (Å²) in [6.07, 6.45) is 10.3. The third-order valence-corrected chi connectivity index (χ3v) is 6.63. The fourth-order valence-electron chi connectivity index (χ4n) is 5.02. The maximum atomic E-state index is 15.2. The number of aromatic hydroxyl groups is 1. The molecule has 4 heterocycles. The number of phenols is 1. The first-order valence-electron chi connectivity index (χ1n) is 10.8. The number of benzene rings is 1. The highest BCUT2D eigenvalue weighted by Crippen LogP contribution is 2.35. The summed E-state index contributed by atoms with van der Waals surface area (Å²) in [5.74, 6) is 1.32.